The first kappa shape index (κ1) is 10.6. The predicted octanol–water partition coefficient (Wildman–Crippen LogP) is 1.50. The summed E-state index contributed by atoms with van der Waals surface area (Å²) in [6, 6.07) is 1.29. The van der Waals surface area contributed by atoms with Crippen LogP contribution in [0, 0.1) is 0 Å². The van der Waals surface area contributed by atoms with E-state index in [-0.39, 0.29) is 17.3 Å². The van der Waals surface area contributed by atoms with Gasteiger partial charge in [-0.2, -0.15) is 0 Å². The highest BCUT2D eigenvalue weighted by atomic mass is 79.9. The molecule has 0 radical (unpaired) electrons. The highest BCUT2D eigenvalue weighted by Gasteiger charge is 2.10. The van der Waals surface area contributed by atoms with E-state index in [1.165, 1.54) is 19.2 Å². The van der Waals surface area contributed by atoms with Crippen LogP contribution in [0.25, 0.3) is 0 Å². The summed E-state index contributed by atoms with van der Waals surface area (Å²) < 4.78 is 0.374. The molecule has 0 saturated heterocycles. The van der Waals surface area contributed by atoms with Crippen molar-refractivity contribution in [2.45, 2.75) is 6.92 Å². The van der Waals surface area contributed by atoms with Crippen molar-refractivity contribution >= 4 is 33.6 Å². The molecule has 1 aromatic heterocycles. The number of nitrogens with one attached hydrogen (secondary N) is 1. The van der Waals surface area contributed by atoms with Gasteiger partial charge >= 0.3 is 5.97 Å². The summed E-state index contributed by atoms with van der Waals surface area (Å²) >= 11 is 3.04. The molecule has 1 amide bonds. The first-order valence-corrected chi connectivity index (χ1v) is 4.46. The number of carbonyl (C=O) groups excluding carboxylic acids is 1. The molecule has 0 atom stereocenters. The van der Waals surface area contributed by atoms with Crippen molar-refractivity contribution < 1.29 is 14.7 Å². The van der Waals surface area contributed by atoms with Crippen molar-refractivity contribution in [2.75, 3.05) is 5.32 Å². The number of carboxylic acids is 1. The van der Waals surface area contributed by atoms with Crippen molar-refractivity contribution in [3.8, 4) is 0 Å². The van der Waals surface area contributed by atoms with Crippen molar-refractivity contribution in [2.24, 2.45) is 0 Å². The molecule has 74 valence electrons. The van der Waals surface area contributed by atoms with Crippen LogP contribution in [0.2, 0.25) is 0 Å². The molecule has 14 heavy (non-hydrogen) atoms. The van der Waals surface area contributed by atoms with Gasteiger partial charge in [-0.05, 0) is 22.0 Å². The number of rotatable bonds is 2. The zero-order chi connectivity index (χ0) is 10.7. The standard InChI is InChI=1S/C8H7BrN2O3/c1-4(12)11-7-2-5(8(13)14)6(9)3-10-7/h2-3H,1H3,(H,13,14)(H,10,11,12). The first-order valence-electron chi connectivity index (χ1n) is 3.67. The average molecular weight is 259 g/mol. The van der Waals surface area contributed by atoms with E-state index in [2.05, 4.69) is 26.2 Å². The summed E-state index contributed by atoms with van der Waals surface area (Å²) in [5.41, 5.74) is 0.0590. The van der Waals surface area contributed by atoms with E-state index in [9.17, 15) is 9.59 Å². The summed E-state index contributed by atoms with van der Waals surface area (Å²) in [6.45, 7) is 1.32. The van der Waals surface area contributed by atoms with Gasteiger partial charge in [-0.3, -0.25) is 4.79 Å². The maximum absolute atomic E-state index is 10.7. The molecule has 0 aliphatic carbocycles. The lowest BCUT2D eigenvalue weighted by Gasteiger charge is -2.03. The van der Waals surface area contributed by atoms with Crippen LogP contribution in [0.15, 0.2) is 16.7 Å². The van der Waals surface area contributed by atoms with Gasteiger partial charge in [0.2, 0.25) is 5.91 Å². The number of halogens is 1. The number of hydrogen-bond acceptors (Lipinski definition) is 3. The molecule has 0 aromatic carbocycles. The Morgan fingerprint density at radius 2 is 2.21 bits per heavy atom. The van der Waals surface area contributed by atoms with E-state index in [0.29, 0.717) is 4.47 Å². The Morgan fingerprint density at radius 1 is 1.57 bits per heavy atom. The van der Waals surface area contributed by atoms with Crippen molar-refractivity contribution in [1.29, 1.82) is 0 Å². The van der Waals surface area contributed by atoms with E-state index in [4.69, 9.17) is 5.11 Å². The monoisotopic (exact) mass is 258 g/mol. The van der Waals surface area contributed by atoms with E-state index >= 15 is 0 Å². The Bertz CT molecular complexity index is 392. The molecular formula is C8H7BrN2O3. The molecule has 1 rings (SSSR count). The quantitative estimate of drug-likeness (QED) is 0.843. The van der Waals surface area contributed by atoms with Gasteiger partial charge in [0.1, 0.15) is 5.82 Å². The van der Waals surface area contributed by atoms with Crippen molar-refractivity contribution in [3.63, 3.8) is 0 Å². The lowest BCUT2D eigenvalue weighted by Crippen LogP contribution is -2.09. The summed E-state index contributed by atoms with van der Waals surface area (Å²) in [7, 11) is 0. The number of aromatic nitrogens is 1. The van der Waals surface area contributed by atoms with Crippen molar-refractivity contribution in [3.05, 3.63) is 22.3 Å². The topological polar surface area (TPSA) is 79.3 Å². The number of carbonyl (C=O) groups is 2. The van der Waals surface area contributed by atoms with Gasteiger partial charge < -0.3 is 10.4 Å². The second-order valence-corrected chi connectivity index (χ2v) is 3.39. The fourth-order valence-corrected chi connectivity index (χ4v) is 1.24. The summed E-state index contributed by atoms with van der Waals surface area (Å²) in [5, 5.41) is 11.1. The summed E-state index contributed by atoms with van der Waals surface area (Å²) in [5.74, 6) is -1.15. The van der Waals surface area contributed by atoms with Crippen LogP contribution >= 0.6 is 15.9 Å². The number of amides is 1. The summed E-state index contributed by atoms with van der Waals surface area (Å²) in [6.07, 6.45) is 1.33. The Labute approximate surface area is 88.3 Å². The zero-order valence-corrected chi connectivity index (χ0v) is 8.83. The maximum Gasteiger partial charge on any atom is 0.337 e. The fraction of sp³-hybridized carbons (Fsp3) is 0.125. The minimum Gasteiger partial charge on any atom is -0.478 e. The largest absolute Gasteiger partial charge is 0.478 e. The van der Waals surface area contributed by atoms with Gasteiger partial charge in [0.25, 0.3) is 0 Å². The van der Waals surface area contributed by atoms with Gasteiger partial charge in [0.15, 0.2) is 0 Å². The molecular weight excluding hydrogens is 252 g/mol. The number of carboxylic acid groups (broad SMARTS) is 1. The van der Waals surface area contributed by atoms with Crippen molar-refractivity contribution in [1.82, 2.24) is 4.98 Å². The highest BCUT2D eigenvalue weighted by molar-refractivity contribution is 9.10. The number of nitrogens with zero attached hydrogens (tertiary/aromatic N) is 1. The molecule has 5 nitrogen and oxygen atoms in total. The number of aromatic carboxylic acids is 1. The van der Waals surface area contributed by atoms with Gasteiger partial charge in [0, 0.05) is 13.1 Å². The highest BCUT2D eigenvalue weighted by Crippen LogP contribution is 2.18. The smallest absolute Gasteiger partial charge is 0.337 e. The van der Waals surface area contributed by atoms with Crippen LogP contribution in [-0.4, -0.2) is 22.0 Å². The lowest BCUT2D eigenvalue weighted by molar-refractivity contribution is -0.114. The third kappa shape index (κ3) is 2.53. The molecule has 2 N–H and O–H groups in total. The SMILES string of the molecule is CC(=O)Nc1cc(C(=O)O)c(Br)cn1. The molecule has 0 fully saturated rings. The van der Waals surface area contributed by atoms with Gasteiger partial charge in [0.05, 0.1) is 10.0 Å². The van der Waals surface area contributed by atoms with E-state index < -0.39 is 5.97 Å². The Hall–Kier alpha value is -1.43. The molecule has 1 heterocycles. The molecule has 6 heteroatoms. The molecule has 0 spiro atoms. The third-order valence-corrected chi connectivity index (χ3v) is 2.02. The van der Waals surface area contributed by atoms with Crippen LogP contribution in [-0.2, 0) is 4.79 Å². The molecule has 0 saturated carbocycles. The second-order valence-electron chi connectivity index (χ2n) is 2.54. The minimum atomic E-state index is -1.08. The molecule has 0 bridgehead atoms. The first-order chi connectivity index (χ1) is 6.50. The molecule has 1 aromatic rings. The van der Waals surface area contributed by atoms with E-state index in [0.717, 1.165) is 0 Å². The normalized spacial score (nSPS) is 9.57. The molecule has 0 aliphatic rings. The number of pyridine rings is 1. The van der Waals surface area contributed by atoms with Gasteiger partial charge in [-0.1, -0.05) is 0 Å². The van der Waals surface area contributed by atoms with Crippen LogP contribution in [0.5, 0.6) is 0 Å². The van der Waals surface area contributed by atoms with Crippen LogP contribution in [0.4, 0.5) is 5.82 Å². The molecule has 0 aliphatic heterocycles. The maximum atomic E-state index is 10.7. The van der Waals surface area contributed by atoms with Gasteiger partial charge in [-0.25, -0.2) is 9.78 Å². The number of anilines is 1. The van der Waals surface area contributed by atoms with Crippen LogP contribution in [0.1, 0.15) is 17.3 Å². The average Bonchev–Trinajstić information content (AvgIpc) is 2.07. The predicted molar refractivity (Wildman–Crippen MR) is 53.2 cm³/mol. The second kappa shape index (κ2) is 4.19. The summed E-state index contributed by atoms with van der Waals surface area (Å²) in [4.78, 5) is 25.2. The molecule has 0 unspecified atom stereocenters. The lowest BCUT2D eigenvalue weighted by atomic mass is 10.2. The zero-order valence-electron chi connectivity index (χ0n) is 7.24. The fourth-order valence-electron chi connectivity index (χ4n) is 0.851. The number of hydrogen-bond donors (Lipinski definition) is 2. The van der Waals surface area contributed by atoms with E-state index in [1.54, 1.807) is 0 Å². The van der Waals surface area contributed by atoms with Crippen LogP contribution in [0.3, 0.4) is 0 Å². The Kier molecular flexibility index (Phi) is 3.19. The van der Waals surface area contributed by atoms with Crippen LogP contribution < -0.4 is 5.32 Å². The third-order valence-electron chi connectivity index (χ3n) is 1.39. The van der Waals surface area contributed by atoms with E-state index in [1.807, 2.05) is 0 Å². The minimum absolute atomic E-state index is 0.0590. The Morgan fingerprint density at radius 3 is 2.71 bits per heavy atom. The van der Waals surface area contributed by atoms with Gasteiger partial charge in [-0.15, -0.1) is 0 Å². The Balaban J connectivity index is 3.06.